The van der Waals surface area contributed by atoms with Crippen LogP contribution in [0.25, 0.3) is 0 Å². The summed E-state index contributed by atoms with van der Waals surface area (Å²) in [6, 6.07) is 0. The van der Waals surface area contributed by atoms with Crippen LogP contribution in [0.15, 0.2) is 0 Å². The van der Waals surface area contributed by atoms with Crippen LogP contribution in [0.5, 0.6) is 0 Å². The van der Waals surface area contributed by atoms with Crippen LogP contribution in [0.4, 0.5) is 0 Å². The van der Waals surface area contributed by atoms with Crippen molar-refractivity contribution in [2.45, 2.75) is 25.6 Å². The number of Topliss-reactive ketones (excluding diaryl/α,β-unsaturated/α-hetero) is 1. The molecule has 0 spiro atoms. The molecule has 0 bridgehead atoms. The first-order valence-electron chi connectivity index (χ1n) is 5.20. The molecule has 14 heavy (non-hydrogen) atoms. The van der Waals surface area contributed by atoms with Crippen LogP contribution in [0.2, 0.25) is 0 Å². The van der Waals surface area contributed by atoms with Gasteiger partial charge in [0.1, 0.15) is 5.78 Å². The van der Waals surface area contributed by atoms with Crippen molar-refractivity contribution in [3.63, 3.8) is 0 Å². The molecular formula is C10H16O4. The number of ketones is 1. The second-order valence-electron chi connectivity index (χ2n) is 3.73. The predicted octanol–water partition coefficient (Wildman–Crippen LogP) is 0.745. The van der Waals surface area contributed by atoms with E-state index in [1.165, 1.54) is 0 Å². The molecule has 0 aromatic heterocycles. The van der Waals surface area contributed by atoms with Gasteiger partial charge < -0.3 is 14.2 Å². The molecule has 0 radical (unpaired) electrons. The highest BCUT2D eigenvalue weighted by Gasteiger charge is 2.26. The van der Waals surface area contributed by atoms with Gasteiger partial charge in [0.05, 0.1) is 19.6 Å². The van der Waals surface area contributed by atoms with Crippen molar-refractivity contribution >= 4 is 5.78 Å². The normalized spacial score (nSPS) is 25.4. The van der Waals surface area contributed by atoms with Crippen LogP contribution >= 0.6 is 0 Å². The summed E-state index contributed by atoms with van der Waals surface area (Å²) in [5, 5.41) is 0. The highest BCUT2D eigenvalue weighted by molar-refractivity contribution is 5.81. The molecule has 2 aliphatic heterocycles. The molecule has 2 heterocycles. The SMILES string of the molecule is O=C(CC1OCCO1)C1CCOCC1. The summed E-state index contributed by atoms with van der Waals surface area (Å²) in [7, 11) is 0. The predicted molar refractivity (Wildman–Crippen MR) is 48.9 cm³/mol. The Morgan fingerprint density at radius 2 is 1.71 bits per heavy atom. The summed E-state index contributed by atoms with van der Waals surface area (Å²) in [4.78, 5) is 11.7. The van der Waals surface area contributed by atoms with Gasteiger partial charge in [0.2, 0.25) is 0 Å². The minimum atomic E-state index is -0.287. The monoisotopic (exact) mass is 200 g/mol. The number of hydrogen-bond donors (Lipinski definition) is 0. The average Bonchev–Trinajstić information content (AvgIpc) is 2.72. The van der Waals surface area contributed by atoms with Gasteiger partial charge >= 0.3 is 0 Å². The van der Waals surface area contributed by atoms with Crippen LogP contribution < -0.4 is 0 Å². The molecule has 0 unspecified atom stereocenters. The minimum absolute atomic E-state index is 0.163. The summed E-state index contributed by atoms with van der Waals surface area (Å²) in [6.45, 7) is 2.66. The van der Waals surface area contributed by atoms with Crippen molar-refractivity contribution in [3.05, 3.63) is 0 Å². The molecule has 4 nitrogen and oxygen atoms in total. The van der Waals surface area contributed by atoms with Gasteiger partial charge in [-0.05, 0) is 12.8 Å². The highest BCUT2D eigenvalue weighted by Crippen LogP contribution is 2.20. The largest absolute Gasteiger partial charge is 0.381 e. The Bertz CT molecular complexity index is 192. The quantitative estimate of drug-likeness (QED) is 0.674. The smallest absolute Gasteiger partial charge is 0.164 e. The zero-order valence-electron chi connectivity index (χ0n) is 8.24. The lowest BCUT2D eigenvalue weighted by atomic mass is 9.93. The molecule has 0 aromatic rings. The minimum Gasteiger partial charge on any atom is -0.381 e. The molecule has 2 aliphatic rings. The number of rotatable bonds is 3. The van der Waals surface area contributed by atoms with Crippen LogP contribution in [0, 0.1) is 5.92 Å². The van der Waals surface area contributed by atoms with E-state index in [1.807, 2.05) is 0 Å². The molecule has 2 saturated heterocycles. The summed E-state index contributed by atoms with van der Waals surface area (Å²) < 4.78 is 15.7. The van der Waals surface area contributed by atoms with Crippen molar-refractivity contribution in [2.24, 2.45) is 5.92 Å². The van der Waals surface area contributed by atoms with E-state index < -0.39 is 0 Å². The lowest BCUT2D eigenvalue weighted by molar-refractivity contribution is -0.133. The summed E-state index contributed by atoms with van der Waals surface area (Å²) in [6.07, 6.45) is 1.83. The van der Waals surface area contributed by atoms with Crippen LogP contribution in [-0.4, -0.2) is 38.5 Å². The number of ether oxygens (including phenoxy) is 3. The summed E-state index contributed by atoms with van der Waals surface area (Å²) in [5.74, 6) is 0.428. The first kappa shape index (κ1) is 10.1. The van der Waals surface area contributed by atoms with Crippen LogP contribution in [-0.2, 0) is 19.0 Å². The Balaban J connectivity index is 1.75. The average molecular weight is 200 g/mol. The van der Waals surface area contributed by atoms with E-state index >= 15 is 0 Å². The first-order valence-corrected chi connectivity index (χ1v) is 5.20. The molecule has 2 rings (SSSR count). The Morgan fingerprint density at radius 1 is 1.07 bits per heavy atom. The standard InChI is InChI=1S/C10H16O4/c11-9(7-10-13-5-6-14-10)8-1-3-12-4-2-8/h8,10H,1-7H2. The third kappa shape index (κ3) is 2.53. The molecule has 0 amide bonds. The zero-order chi connectivity index (χ0) is 9.80. The molecule has 0 saturated carbocycles. The molecule has 2 fully saturated rings. The van der Waals surface area contributed by atoms with E-state index in [9.17, 15) is 4.79 Å². The van der Waals surface area contributed by atoms with Crippen molar-refractivity contribution in [2.75, 3.05) is 26.4 Å². The van der Waals surface area contributed by atoms with E-state index in [1.54, 1.807) is 0 Å². The first-order chi connectivity index (χ1) is 6.86. The number of carbonyl (C=O) groups is 1. The topological polar surface area (TPSA) is 44.8 Å². The van der Waals surface area contributed by atoms with E-state index in [-0.39, 0.29) is 18.0 Å². The fraction of sp³-hybridized carbons (Fsp3) is 0.900. The third-order valence-corrected chi connectivity index (χ3v) is 2.74. The van der Waals surface area contributed by atoms with Gasteiger partial charge in [-0.3, -0.25) is 4.79 Å². The van der Waals surface area contributed by atoms with Crippen molar-refractivity contribution < 1.29 is 19.0 Å². The van der Waals surface area contributed by atoms with Crippen molar-refractivity contribution in [1.82, 2.24) is 0 Å². The molecule has 0 aliphatic carbocycles. The van der Waals surface area contributed by atoms with Crippen molar-refractivity contribution in [3.8, 4) is 0 Å². The van der Waals surface area contributed by atoms with Gasteiger partial charge in [0.25, 0.3) is 0 Å². The third-order valence-electron chi connectivity index (χ3n) is 2.74. The van der Waals surface area contributed by atoms with E-state index in [0.29, 0.717) is 32.8 Å². The highest BCUT2D eigenvalue weighted by atomic mass is 16.7. The van der Waals surface area contributed by atoms with Crippen LogP contribution in [0.1, 0.15) is 19.3 Å². The molecule has 4 heteroatoms. The van der Waals surface area contributed by atoms with E-state index in [0.717, 1.165) is 12.8 Å². The second kappa shape index (κ2) is 4.87. The van der Waals surface area contributed by atoms with Gasteiger partial charge in [-0.15, -0.1) is 0 Å². The van der Waals surface area contributed by atoms with Crippen LogP contribution in [0.3, 0.4) is 0 Å². The van der Waals surface area contributed by atoms with Gasteiger partial charge in [-0.25, -0.2) is 0 Å². The number of carbonyl (C=O) groups excluding carboxylic acids is 1. The second-order valence-corrected chi connectivity index (χ2v) is 3.73. The number of hydrogen-bond acceptors (Lipinski definition) is 4. The maximum absolute atomic E-state index is 11.7. The lowest BCUT2D eigenvalue weighted by Gasteiger charge is -2.21. The molecule has 80 valence electrons. The van der Waals surface area contributed by atoms with Gasteiger partial charge in [-0.2, -0.15) is 0 Å². The maximum atomic E-state index is 11.7. The Hall–Kier alpha value is -0.450. The Labute approximate surface area is 83.5 Å². The molecule has 0 atom stereocenters. The zero-order valence-corrected chi connectivity index (χ0v) is 8.24. The van der Waals surface area contributed by atoms with E-state index in [2.05, 4.69) is 0 Å². The van der Waals surface area contributed by atoms with Gasteiger partial charge in [-0.1, -0.05) is 0 Å². The van der Waals surface area contributed by atoms with Gasteiger partial charge in [0.15, 0.2) is 6.29 Å². The van der Waals surface area contributed by atoms with E-state index in [4.69, 9.17) is 14.2 Å². The molecular weight excluding hydrogens is 184 g/mol. The van der Waals surface area contributed by atoms with Gasteiger partial charge in [0, 0.05) is 19.1 Å². The lowest BCUT2D eigenvalue weighted by Crippen LogP contribution is -2.26. The fourth-order valence-corrected chi connectivity index (χ4v) is 1.88. The maximum Gasteiger partial charge on any atom is 0.164 e. The molecule has 0 aromatic carbocycles. The Morgan fingerprint density at radius 3 is 2.36 bits per heavy atom. The molecule has 0 N–H and O–H groups in total. The summed E-state index contributed by atoms with van der Waals surface area (Å²) >= 11 is 0. The Kier molecular flexibility index (Phi) is 3.50. The fourth-order valence-electron chi connectivity index (χ4n) is 1.88. The van der Waals surface area contributed by atoms with Crippen molar-refractivity contribution in [1.29, 1.82) is 0 Å². The summed E-state index contributed by atoms with van der Waals surface area (Å²) in [5.41, 5.74) is 0.